The summed E-state index contributed by atoms with van der Waals surface area (Å²) in [5.41, 5.74) is 5.24. The van der Waals surface area contributed by atoms with Crippen LogP contribution in [0.5, 0.6) is 0 Å². The summed E-state index contributed by atoms with van der Waals surface area (Å²) >= 11 is 0. The van der Waals surface area contributed by atoms with Gasteiger partial charge in [-0.1, -0.05) is 103 Å². The Labute approximate surface area is 269 Å². The maximum Gasteiger partial charge on any atom is 0.348 e. The van der Waals surface area contributed by atoms with Gasteiger partial charge in [0.05, 0.1) is 11.2 Å². The molecule has 0 amide bonds. The third-order valence-corrected chi connectivity index (χ3v) is 8.77. The van der Waals surface area contributed by atoms with Crippen molar-refractivity contribution in [1.82, 2.24) is 4.98 Å². The van der Waals surface area contributed by atoms with E-state index in [1.807, 2.05) is 103 Å². The standard InChI is InChI=1S/C41H24N2O4/c44-40-35-36(41(45)46-38(35)32-21-11-23-33-27(32)22-12-24-42-33)39(47-40)34-28-17-7-9-19-30(28)37(31-20-10-8-18-29(31)34)43(25-13-3-1-4-14-25)26-15-5-2-6-16-26/h1-24H. The summed E-state index contributed by atoms with van der Waals surface area (Å²) in [4.78, 5) is 34.2. The van der Waals surface area contributed by atoms with Crippen molar-refractivity contribution in [2.24, 2.45) is 0 Å². The molecule has 9 rings (SSSR count). The number of rotatable bonds is 5. The molecule has 222 valence electrons. The molecular formula is C41H24N2O4. The highest BCUT2D eigenvalue weighted by atomic mass is 16.6. The van der Waals surface area contributed by atoms with E-state index in [1.54, 1.807) is 6.20 Å². The SMILES string of the molecule is O=C1OC(c2c3ccccc3c(N(c3ccccc3)c3ccccc3)c3ccccc23)=C2C(=O)OC(c3cccc4ncccc34)=C12. The van der Waals surface area contributed by atoms with Gasteiger partial charge in [0.15, 0.2) is 11.5 Å². The van der Waals surface area contributed by atoms with E-state index in [9.17, 15) is 9.59 Å². The zero-order valence-electron chi connectivity index (χ0n) is 24.9. The highest BCUT2D eigenvalue weighted by Gasteiger charge is 2.46. The summed E-state index contributed by atoms with van der Waals surface area (Å²) in [6.07, 6.45) is 1.70. The minimum atomic E-state index is -0.621. The predicted octanol–water partition coefficient (Wildman–Crippen LogP) is 9.25. The van der Waals surface area contributed by atoms with E-state index in [0.29, 0.717) is 11.1 Å². The lowest BCUT2D eigenvalue weighted by molar-refractivity contribution is -0.131. The second-order valence-electron chi connectivity index (χ2n) is 11.4. The van der Waals surface area contributed by atoms with Gasteiger partial charge in [0.2, 0.25) is 0 Å². The third kappa shape index (κ3) is 4.09. The summed E-state index contributed by atoms with van der Waals surface area (Å²) in [6.45, 7) is 0. The molecule has 0 bridgehead atoms. The molecule has 2 aliphatic heterocycles. The van der Waals surface area contributed by atoms with Crippen molar-refractivity contribution in [2.75, 3.05) is 4.90 Å². The van der Waals surface area contributed by atoms with E-state index in [0.717, 1.165) is 49.5 Å². The van der Waals surface area contributed by atoms with Gasteiger partial charge < -0.3 is 14.4 Å². The largest absolute Gasteiger partial charge is 0.421 e. The van der Waals surface area contributed by atoms with Crippen LogP contribution < -0.4 is 4.90 Å². The summed E-state index contributed by atoms with van der Waals surface area (Å²) in [7, 11) is 0. The van der Waals surface area contributed by atoms with Crippen LogP contribution in [-0.2, 0) is 19.1 Å². The average Bonchev–Trinajstić information content (AvgIpc) is 3.65. The van der Waals surface area contributed by atoms with Crippen LogP contribution >= 0.6 is 0 Å². The number of para-hydroxylation sites is 2. The Morgan fingerprint density at radius 3 is 1.60 bits per heavy atom. The van der Waals surface area contributed by atoms with Crippen molar-refractivity contribution in [3.63, 3.8) is 0 Å². The predicted molar refractivity (Wildman–Crippen MR) is 184 cm³/mol. The van der Waals surface area contributed by atoms with Gasteiger partial charge in [0.1, 0.15) is 11.1 Å². The smallest absolute Gasteiger partial charge is 0.348 e. The zero-order valence-corrected chi connectivity index (χ0v) is 24.9. The van der Waals surface area contributed by atoms with Crippen molar-refractivity contribution in [3.05, 3.63) is 168 Å². The molecule has 2 aliphatic rings. The second kappa shape index (κ2) is 10.5. The van der Waals surface area contributed by atoms with Crippen LogP contribution in [0.3, 0.4) is 0 Å². The van der Waals surface area contributed by atoms with Gasteiger partial charge in [-0.25, -0.2) is 9.59 Å². The molecule has 0 saturated heterocycles. The topological polar surface area (TPSA) is 68.7 Å². The molecule has 3 heterocycles. The van der Waals surface area contributed by atoms with Crippen molar-refractivity contribution < 1.29 is 19.1 Å². The number of cyclic esters (lactones) is 2. The number of fused-ring (bicyclic) bond motifs is 4. The zero-order chi connectivity index (χ0) is 31.5. The Bertz CT molecular complexity index is 2400. The lowest BCUT2D eigenvalue weighted by Crippen LogP contribution is -2.12. The molecular weight excluding hydrogens is 584 g/mol. The van der Waals surface area contributed by atoms with Crippen LogP contribution in [0.1, 0.15) is 11.1 Å². The first kappa shape index (κ1) is 26.8. The quantitative estimate of drug-likeness (QED) is 0.143. The number of hydrogen-bond donors (Lipinski definition) is 0. The van der Waals surface area contributed by atoms with Crippen molar-refractivity contribution in [3.8, 4) is 0 Å². The molecule has 0 aliphatic carbocycles. The number of carbonyl (C=O) groups is 2. The minimum Gasteiger partial charge on any atom is -0.421 e. The molecule has 0 atom stereocenters. The van der Waals surface area contributed by atoms with Crippen molar-refractivity contribution >= 4 is 73.0 Å². The maximum atomic E-state index is 13.7. The molecule has 0 saturated carbocycles. The van der Waals surface area contributed by atoms with Gasteiger partial charge in [0, 0.05) is 44.9 Å². The lowest BCUT2D eigenvalue weighted by Gasteiger charge is -2.29. The van der Waals surface area contributed by atoms with Crippen LogP contribution in [-0.4, -0.2) is 16.9 Å². The van der Waals surface area contributed by atoms with Crippen LogP contribution in [0.2, 0.25) is 0 Å². The fourth-order valence-electron chi connectivity index (χ4n) is 6.83. The van der Waals surface area contributed by atoms with E-state index >= 15 is 0 Å². The summed E-state index contributed by atoms with van der Waals surface area (Å²) in [6, 6.07) is 45.8. The Morgan fingerprint density at radius 2 is 0.979 bits per heavy atom. The number of carbonyl (C=O) groups excluding carboxylic acids is 2. The number of esters is 2. The van der Waals surface area contributed by atoms with E-state index < -0.39 is 11.9 Å². The molecule has 0 radical (unpaired) electrons. The Kier molecular flexibility index (Phi) is 6.01. The normalized spacial score (nSPS) is 14.2. The van der Waals surface area contributed by atoms with Gasteiger partial charge in [0.25, 0.3) is 0 Å². The summed E-state index contributed by atoms with van der Waals surface area (Å²) < 4.78 is 12.0. The van der Waals surface area contributed by atoms with E-state index in [4.69, 9.17) is 9.47 Å². The lowest BCUT2D eigenvalue weighted by atomic mass is 9.90. The molecule has 7 aromatic rings. The number of hydrogen-bond acceptors (Lipinski definition) is 6. The van der Waals surface area contributed by atoms with Crippen molar-refractivity contribution in [1.29, 1.82) is 0 Å². The van der Waals surface area contributed by atoms with E-state index in [1.165, 1.54) is 0 Å². The Hall–Kier alpha value is -6.53. The van der Waals surface area contributed by atoms with Gasteiger partial charge in [-0.05, 0) is 47.2 Å². The molecule has 0 spiro atoms. The highest BCUT2D eigenvalue weighted by Crippen LogP contribution is 2.51. The number of aromatic nitrogens is 1. The fourth-order valence-corrected chi connectivity index (χ4v) is 6.83. The van der Waals surface area contributed by atoms with Crippen LogP contribution in [0, 0.1) is 0 Å². The van der Waals surface area contributed by atoms with Crippen LogP contribution in [0.15, 0.2) is 157 Å². The molecule has 6 aromatic carbocycles. The number of anilines is 3. The first-order chi connectivity index (χ1) is 23.2. The monoisotopic (exact) mass is 608 g/mol. The first-order valence-electron chi connectivity index (χ1n) is 15.3. The van der Waals surface area contributed by atoms with Crippen LogP contribution in [0.4, 0.5) is 17.1 Å². The number of pyridine rings is 1. The van der Waals surface area contributed by atoms with Gasteiger partial charge in [-0.3, -0.25) is 4.98 Å². The van der Waals surface area contributed by atoms with Crippen molar-refractivity contribution in [2.45, 2.75) is 0 Å². The second-order valence-corrected chi connectivity index (χ2v) is 11.4. The van der Waals surface area contributed by atoms with Gasteiger partial charge >= 0.3 is 11.9 Å². The molecule has 0 unspecified atom stereocenters. The summed E-state index contributed by atoms with van der Waals surface area (Å²) in [5.74, 6) is -0.852. The average molecular weight is 609 g/mol. The third-order valence-electron chi connectivity index (χ3n) is 8.77. The van der Waals surface area contributed by atoms with Gasteiger partial charge in [-0.15, -0.1) is 0 Å². The first-order valence-corrected chi connectivity index (χ1v) is 15.3. The maximum absolute atomic E-state index is 13.7. The molecule has 0 fully saturated rings. The molecule has 6 heteroatoms. The Morgan fingerprint density at radius 1 is 0.468 bits per heavy atom. The number of nitrogens with zero attached hydrogens (tertiary/aromatic N) is 2. The number of benzene rings is 6. The summed E-state index contributed by atoms with van der Waals surface area (Å²) in [5, 5.41) is 4.31. The molecule has 6 nitrogen and oxygen atoms in total. The highest BCUT2D eigenvalue weighted by molar-refractivity contribution is 6.29. The molecule has 0 N–H and O–H groups in total. The fraction of sp³-hybridized carbons (Fsp3) is 0. The van der Waals surface area contributed by atoms with E-state index in [-0.39, 0.29) is 22.7 Å². The van der Waals surface area contributed by atoms with Crippen LogP contribution in [0.25, 0.3) is 44.0 Å². The van der Waals surface area contributed by atoms with Gasteiger partial charge in [-0.2, -0.15) is 0 Å². The number of ether oxygens (including phenoxy) is 2. The Balaban J connectivity index is 1.36. The minimum absolute atomic E-state index is 0.133. The molecule has 47 heavy (non-hydrogen) atoms. The van der Waals surface area contributed by atoms with E-state index in [2.05, 4.69) is 46.3 Å². The molecule has 1 aromatic heterocycles.